The Morgan fingerprint density at radius 1 is 0.383 bits per heavy atom. The molecule has 0 saturated carbocycles. The molecule has 0 amide bonds. The van der Waals surface area contributed by atoms with E-state index in [2.05, 4.69) is 190 Å². The standard InChI is InChI=1S/C55H39BN2O2/c1-30-14-17-40-42-27-38(16-19-49(42)59-50(40)22-30)57-46-24-35-10-6-7-11-36(35)25-47(46)58-45-28-43-41-18-15-31(2)23-51(41)60-52(43)29-44(45)56(53-33(4)20-32(3)21-34(53)5)54-39-13-9-8-12-37(39)26-48(57)55(54)58/h6-29H,1-5H3. The number of fused-ring (bicyclic) bond motifs is 13. The van der Waals surface area contributed by atoms with Crippen LogP contribution in [0.1, 0.15) is 27.8 Å². The molecule has 9 aromatic carbocycles. The van der Waals surface area contributed by atoms with Gasteiger partial charge in [-0.1, -0.05) is 107 Å². The molecule has 2 aliphatic rings. The molecule has 4 nitrogen and oxygen atoms in total. The Labute approximate surface area is 347 Å². The largest absolute Gasteiger partial charge is 0.456 e. The average Bonchev–Trinajstić information content (AvgIpc) is 3.78. The van der Waals surface area contributed by atoms with Gasteiger partial charge in [0.1, 0.15) is 22.3 Å². The van der Waals surface area contributed by atoms with Crippen molar-refractivity contribution in [3.63, 3.8) is 0 Å². The van der Waals surface area contributed by atoms with E-state index in [1.165, 1.54) is 77.1 Å². The van der Waals surface area contributed by atoms with Gasteiger partial charge in [-0.2, -0.15) is 0 Å². The summed E-state index contributed by atoms with van der Waals surface area (Å²) in [5.74, 6) is 0. The maximum Gasteiger partial charge on any atom is 0.248 e. The Morgan fingerprint density at radius 3 is 1.67 bits per heavy atom. The normalized spacial score (nSPS) is 13.3. The van der Waals surface area contributed by atoms with Crippen molar-refractivity contribution < 1.29 is 8.83 Å². The van der Waals surface area contributed by atoms with Crippen LogP contribution in [0, 0.1) is 34.6 Å². The third-order valence-electron chi connectivity index (χ3n) is 13.3. The molecule has 0 aliphatic carbocycles. The molecular weight excluding hydrogens is 731 g/mol. The molecule has 11 aromatic rings. The predicted octanol–water partition coefficient (Wildman–Crippen LogP) is 13.4. The summed E-state index contributed by atoms with van der Waals surface area (Å²) in [7, 11) is 0. The lowest BCUT2D eigenvalue weighted by molar-refractivity contribution is 0.668. The second kappa shape index (κ2) is 11.9. The van der Waals surface area contributed by atoms with Crippen molar-refractivity contribution in [3.8, 4) is 0 Å². The molecule has 0 radical (unpaired) electrons. The van der Waals surface area contributed by atoms with Gasteiger partial charge in [-0.3, -0.25) is 0 Å². The maximum atomic E-state index is 6.78. The van der Waals surface area contributed by atoms with Crippen LogP contribution in [0.15, 0.2) is 154 Å². The van der Waals surface area contributed by atoms with Crippen molar-refractivity contribution in [2.45, 2.75) is 34.6 Å². The van der Waals surface area contributed by atoms with E-state index in [1.807, 2.05) is 0 Å². The number of nitrogens with zero attached hydrogens (tertiary/aromatic N) is 2. The minimum absolute atomic E-state index is 0.0663. The summed E-state index contributed by atoms with van der Waals surface area (Å²) in [5, 5.41) is 9.37. The zero-order chi connectivity index (χ0) is 40.1. The fraction of sp³-hybridized carbons (Fsp3) is 0.0909. The van der Waals surface area contributed by atoms with Gasteiger partial charge in [0.15, 0.2) is 0 Å². The first-order valence-electron chi connectivity index (χ1n) is 20.9. The van der Waals surface area contributed by atoms with Gasteiger partial charge >= 0.3 is 0 Å². The highest BCUT2D eigenvalue weighted by molar-refractivity contribution is 7.00. The van der Waals surface area contributed by atoms with Crippen LogP contribution in [0.2, 0.25) is 0 Å². The number of benzene rings is 9. The molecule has 13 rings (SSSR count). The van der Waals surface area contributed by atoms with Crippen LogP contribution in [0.4, 0.5) is 34.1 Å². The molecule has 2 aliphatic heterocycles. The monoisotopic (exact) mass is 770 g/mol. The molecule has 0 saturated heterocycles. The van der Waals surface area contributed by atoms with E-state index in [4.69, 9.17) is 8.83 Å². The Bertz CT molecular complexity index is 3680. The molecule has 0 atom stereocenters. The summed E-state index contributed by atoms with van der Waals surface area (Å²) in [6, 6.07) is 54.3. The van der Waals surface area contributed by atoms with E-state index >= 15 is 0 Å². The summed E-state index contributed by atoms with van der Waals surface area (Å²) < 4.78 is 13.2. The highest BCUT2D eigenvalue weighted by Gasteiger charge is 2.44. The van der Waals surface area contributed by atoms with Crippen molar-refractivity contribution in [3.05, 3.63) is 173 Å². The molecule has 0 bridgehead atoms. The second-order valence-corrected chi connectivity index (χ2v) is 17.3. The lowest BCUT2D eigenvalue weighted by atomic mass is 9.33. The quantitative estimate of drug-likeness (QED) is 0.164. The molecule has 284 valence electrons. The third kappa shape index (κ3) is 4.58. The van der Waals surface area contributed by atoms with Gasteiger partial charge < -0.3 is 18.6 Å². The van der Waals surface area contributed by atoms with E-state index in [1.54, 1.807) is 0 Å². The van der Waals surface area contributed by atoms with E-state index < -0.39 is 0 Å². The Kier molecular flexibility index (Phi) is 6.70. The van der Waals surface area contributed by atoms with Gasteiger partial charge in [0, 0.05) is 32.9 Å². The average molecular weight is 771 g/mol. The molecule has 0 unspecified atom stereocenters. The van der Waals surface area contributed by atoms with E-state index in [9.17, 15) is 0 Å². The number of anilines is 6. The number of furan rings is 2. The van der Waals surface area contributed by atoms with Crippen molar-refractivity contribution in [1.29, 1.82) is 0 Å². The molecule has 0 fully saturated rings. The fourth-order valence-corrected chi connectivity index (χ4v) is 10.9. The first-order chi connectivity index (χ1) is 29.3. The van der Waals surface area contributed by atoms with Crippen LogP contribution >= 0.6 is 0 Å². The van der Waals surface area contributed by atoms with Gasteiger partial charge in [-0.25, -0.2) is 0 Å². The summed E-state index contributed by atoms with van der Waals surface area (Å²) in [6.07, 6.45) is 0. The van der Waals surface area contributed by atoms with Crippen molar-refractivity contribution in [1.82, 2.24) is 0 Å². The number of aryl methyl sites for hydroxylation is 5. The zero-order valence-corrected chi connectivity index (χ0v) is 34.1. The molecular formula is C55H39BN2O2. The molecule has 0 spiro atoms. The van der Waals surface area contributed by atoms with Gasteiger partial charge in [-0.05, 0) is 139 Å². The molecule has 5 heteroatoms. The summed E-state index contributed by atoms with van der Waals surface area (Å²) >= 11 is 0. The highest BCUT2D eigenvalue weighted by atomic mass is 16.3. The van der Waals surface area contributed by atoms with Crippen LogP contribution in [-0.2, 0) is 0 Å². The Hall–Kier alpha value is -7.24. The summed E-state index contributed by atoms with van der Waals surface area (Å²) in [4.78, 5) is 5.10. The Morgan fingerprint density at radius 2 is 0.967 bits per heavy atom. The minimum atomic E-state index is -0.0663. The molecule has 2 aromatic heterocycles. The van der Waals surface area contributed by atoms with Gasteiger partial charge in [-0.15, -0.1) is 0 Å². The smallest absolute Gasteiger partial charge is 0.248 e. The van der Waals surface area contributed by atoms with Crippen LogP contribution in [0.25, 0.3) is 65.4 Å². The molecule has 0 N–H and O–H groups in total. The van der Waals surface area contributed by atoms with Crippen LogP contribution in [0.5, 0.6) is 0 Å². The third-order valence-corrected chi connectivity index (χ3v) is 13.3. The summed E-state index contributed by atoms with van der Waals surface area (Å²) in [5.41, 5.74) is 20.7. The zero-order valence-electron chi connectivity index (χ0n) is 34.1. The molecule has 60 heavy (non-hydrogen) atoms. The van der Waals surface area contributed by atoms with E-state index in [0.717, 1.165) is 66.6 Å². The van der Waals surface area contributed by atoms with E-state index in [-0.39, 0.29) is 6.71 Å². The fourth-order valence-electron chi connectivity index (χ4n) is 10.9. The first kappa shape index (κ1) is 33.7. The van der Waals surface area contributed by atoms with Gasteiger partial charge in [0.25, 0.3) is 0 Å². The Balaban J connectivity index is 1.21. The van der Waals surface area contributed by atoms with Crippen molar-refractivity contribution in [2.24, 2.45) is 0 Å². The highest BCUT2D eigenvalue weighted by Crippen LogP contribution is 2.57. The molecule has 4 heterocycles. The SMILES string of the molecule is Cc1cc(C)c(B2c3cc4oc5cc(C)ccc5c4cc3N3c4cc5ccccc5cc4N(c4ccc5oc6cc(C)ccc6c5c4)c4cc5ccccc5c2c43)c(C)c1. The number of rotatable bonds is 2. The topological polar surface area (TPSA) is 32.8 Å². The first-order valence-corrected chi connectivity index (χ1v) is 20.9. The summed E-state index contributed by atoms with van der Waals surface area (Å²) in [6.45, 7) is 11.0. The minimum Gasteiger partial charge on any atom is -0.456 e. The van der Waals surface area contributed by atoms with Crippen LogP contribution in [-0.4, -0.2) is 6.71 Å². The maximum absolute atomic E-state index is 6.78. The van der Waals surface area contributed by atoms with Gasteiger partial charge in [0.2, 0.25) is 6.71 Å². The predicted molar refractivity (Wildman–Crippen MR) is 254 cm³/mol. The van der Waals surface area contributed by atoms with Crippen LogP contribution < -0.4 is 26.2 Å². The lowest BCUT2D eigenvalue weighted by Crippen LogP contribution is -2.59. The number of hydrogen-bond acceptors (Lipinski definition) is 4. The van der Waals surface area contributed by atoms with Gasteiger partial charge in [0.05, 0.1) is 22.7 Å². The second-order valence-electron chi connectivity index (χ2n) is 17.3. The van der Waals surface area contributed by atoms with Crippen molar-refractivity contribution in [2.75, 3.05) is 9.80 Å². The van der Waals surface area contributed by atoms with Crippen LogP contribution in [0.3, 0.4) is 0 Å². The van der Waals surface area contributed by atoms with Crippen molar-refractivity contribution >= 4 is 123 Å². The lowest BCUT2D eigenvalue weighted by Gasteiger charge is -2.46. The van der Waals surface area contributed by atoms with E-state index in [0.29, 0.717) is 0 Å². The number of hydrogen-bond donors (Lipinski definition) is 0.